The maximum Gasteiger partial charge on any atom is 0.259 e. The molecule has 1 N–H and O–H groups in total. The van der Waals surface area contributed by atoms with Crippen LogP contribution in [-0.2, 0) is 0 Å². The molecule has 0 bridgehead atoms. The predicted octanol–water partition coefficient (Wildman–Crippen LogP) is 5.31. The number of fused-ring (bicyclic) bond motifs is 1. The summed E-state index contributed by atoms with van der Waals surface area (Å²) in [5.41, 5.74) is 1.50. The first-order valence-electron chi connectivity index (χ1n) is 6.83. The SMILES string of the molecule is COc1ccc2oc(C)c(C(=O)Nc3cc(Cl)ccc3Cl)c2c1. The Morgan fingerprint density at radius 3 is 2.70 bits per heavy atom. The van der Waals surface area contributed by atoms with Gasteiger partial charge >= 0.3 is 0 Å². The first-order chi connectivity index (χ1) is 11.0. The van der Waals surface area contributed by atoms with Gasteiger partial charge in [-0.05, 0) is 43.3 Å². The number of aryl methyl sites for hydroxylation is 1. The first-order valence-corrected chi connectivity index (χ1v) is 7.58. The minimum Gasteiger partial charge on any atom is -0.497 e. The fraction of sp³-hybridized carbons (Fsp3) is 0.118. The van der Waals surface area contributed by atoms with Crippen molar-refractivity contribution in [2.45, 2.75) is 6.92 Å². The van der Waals surface area contributed by atoms with Gasteiger partial charge in [0, 0.05) is 10.4 Å². The van der Waals surface area contributed by atoms with E-state index in [1.807, 2.05) is 0 Å². The van der Waals surface area contributed by atoms with Crippen LogP contribution in [0.1, 0.15) is 16.1 Å². The summed E-state index contributed by atoms with van der Waals surface area (Å²) in [6.07, 6.45) is 0. The van der Waals surface area contributed by atoms with Crippen molar-refractivity contribution in [2.75, 3.05) is 12.4 Å². The second-order valence-electron chi connectivity index (χ2n) is 4.97. The standard InChI is InChI=1S/C17H13Cl2NO3/c1-9-16(12-8-11(22-2)4-6-15(12)23-9)17(21)20-14-7-10(18)3-5-13(14)19/h3-8H,1-2H3,(H,20,21). The largest absolute Gasteiger partial charge is 0.497 e. The van der Waals surface area contributed by atoms with Crippen LogP contribution in [0, 0.1) is 6.92 Å². The Bertz CT molecular complexity index is 902. The zero-order chi connectivity index (χ0) is 16.6. The van der Waals surface area contributed by atoms with Gasteiger partial charge in [0.15, 0.2) is 0 Å². The number of carbonyl (C=O) groups is 1. The van der Waals surface area contributed by atoms with E-state index in [4.69, 9.17) is 32.4 Å². The molecule has 0 unspecified atom stereocenters. The van der Waals surface area contributed by atoms with E-state index in [1.165, 1.54) is 0 Å². The van der Waals surface area contributed by atoms with Gasteiger partial charge in [-0.2, -0.15) is 0 Å². The van der Waals surface area contributed by atoms with E-state index < -0.39 is 0 Å². The Labute approximate surface area is 142 Å². The molecule has 0 radical (unpaired) electrons. The van der Waals surface area contributed by atoms with Gasteiger partial charge < -0.3 is 14.5 Å². The third-order valence-electron chi connectivity index (χ3n) is 3.47. The normalized spacial score (nSPS) is 10.8. The molecule has 0 saturated heterocycles. The summed E-state index contributed by atoms with van der Waals surface area (Å²) < 4.78 is 10.8. The Balaban J connectivity index is 2.03. The van der Waals surface area contributed by atoms with Gasteiger partial charge in [0.2, 0.25) is 0 Å². The third kappa shape index (κ3) is 3.00. The van der Waals surface area contributed by atoms with Crippen molar-refractivity contribution in [1.82, 2.24) is 0 Å². The van der Waals surface area contributed by atoms with Crippen LogP contribution in [0.3, 0.4) is 0 Å². The van der Waals surface area contributed by atoms with E-state index in [-0.39, 0.29) is 5.91 Å². The van der Waals surface area contributed by atoms with Crippen LogP contribution >= 0.6 is 23.2 Å². The lowest BCUT2D eigenvalue weighted by atomic mass is 10.1. The van der Waals surface area contributed by atoms with Crippen LogP contribution in [0.2, 0.25) is 10.0 Å². The van der Waals surface area contributed by atoms with Crippen molar-refractivity contribution in [3.8, 4) is 5.75 Å². The zero-order valence-electron chi connectivity index (χ0n) is 12.4. The van der Waals surface area contributed by atoms with Crippen LogP contribution in [-0.4, -0.2) is 13.0 Å². The number of rotatable bonds is 3. The van der Waals surface area contributed by atoms with Crippen LogP contribution < -0.4 is 10.1 Å². The molecular formula is C17H13Cl2NO3. The van der Waals surface area contributed by atoms with Gasteiger partial charge in [0.1, 0.15) is 17.1 Å². The monoisotopic (exact) mass is 349 g/mol. The molecule has 23 heavy (non-hydrogen) atoms. The second-order valence-corrected chi connectivity index (χ2v) is 5.82. The third-order valence-corrected chi connectivity index (χ3v) is 4.04. The van der Waals surface area contributed by atoms with Crippen LogP contribution in [0.5, 0.6) is 5.75 Å². The van der Waals surface area contributed by atoms with E-state index in [0.717, 1.165) is 0 Å². The molecule has 0 aliphatic rings. The predicted molar refractivity (Wildman–Crippen MR) is 91.9 cm³/mol. The molecule has 0 atom stereocenters. The van der Waals surface area contributed by atoms with E-state index in [9.17, 15) is 4.79 Å². The highest BCUT2D eigenvalue weighted by molar-refractivity contribution is 6.36. The number of carbonyl (C=O) groups excluding carboxylic acids is 1. The topological polar surface area (TPSA) is 51.5 Å². The molecule has 118 valence electrons. The lowest BCUT2D eigenvalue weighted by molar-refractivity contribution is 0.102. The molecule has 2 aromatic carbocycles. The lowest BCUT2D eigenvalue weighted by Gasteiger charge is -2.07. The molecular weight excluding hydrogens is 337 g/mol. The molecule has 4 nitrogen and oxygen atoms in total. The maximum atomic E-state index is 12.7. The fourth-order valence-corrected chi connectivity index (χ4v) is 2.72. The average Bonchev–Trinajstić information content (AvgIpc) is 2.85. The highest BCUT2D eigenvalue weighted by atomic mass is 35.5. The minimum absolute atomic E-state index is 0.321. The van der Waals surface area contributed by atoms with E-state index >= 15 is 0 Å². The molecule has 0 saturated carbocycles. The Morgan fingerprint density at radius 1 is 1.17 bits per heavy atom. The molecule has 1 aromatic heterocycles. The van der Waals surface area contributed by atoms with E-state index in [2.05, 4.69) is 5.32 Å². The van der Waals surface area contributed by atoms with Gasteiger partial charge in [-0.15, -0.1) is 0 Å². The number of benzene rings is 2. The maximum absolute atomic E-state index is 12.7. The van der Waals surface area contributed by atoms with Gasteiger partial charge in [-0.1, -0.05) is 23.2 Å². The van der Waals surface area contributed by atoms with Gasteiger partial charge in [0.05, 0.1) is 23.4 Å². The van der Waals surface area contributed by atoms with Gasteiger partial charge in [0.25, 0.3) is 5.91 Å². The molecule has 3 aromatic rings. The van der Waals surface area contributed by atoms with Crippen LogP contribution in [0.15, 0.2) is 40.8 Å². The summed E-state index contributed by atoms with van der Waals surface area (Å²) in [5, 5.41) is 4.34. The molecule has 1 amide bonds. The Hall–Kier alpha value is -2.17. The number of hydrogen-bond donors (Lipinski definition) is 1. The van der Waals surface area contributed by atoms with E-state index in [0.29, 0.717) is 43.8 Å². The zero-order valence-corrected chi connectivity index (χ0v) is 14.0. The number of methoxy groups -OCH3 is 1. The summed E-state index contributed by atoms with van der Waals surface area (Å²) in [5.74, 6) is 0.843. The van der Waals surface area contributed by atoms with Gasteiger partial charge in [-0.3, -0.25) is 4.79 Å². The van der Waals surface area contributed by atoms with Gasteiger partial charge in [-0.25, -0.2) is 0 Å². The highest BCUT2D eigenvalue weighted by Gasteiger charge is 2.19. The molecule has 3 rings (SSSR count). The summed E-state index contributed by atoms with van der Waals surface area (Å²) in [4.78, 5) is 12.7. The lowest BCUT2D eigenvalue weighted by Crippen LogP contribution is -2.13. The Morgan fingerprint density at radius 2 is 1.96 bits per heavy atom. The summed E-state index contributed by atoms with van der Waals surface area (Å²) >= 11 is 12.0. The van der Waals surface area contributed by atoms with Crippen molar-refractivity contribution in [3.05, 3.63) is 57.8 Å². The van der Waals surface area contributed by atoms with Crippen molar-refractivity contribution in [3.63, 3.8) is 0 Å². The smallest absolute Gasteiger partial charge is 0.259 e. The molecule has 0 aliphatic carbocycles. The average molecular weight is 350 g/mol. The van der Waals surface area contributed by atoms with Crippen molar-refractivity contribution in [2.24, 2.45) is 0 Å². The number of hydrogen-bond acceptors (Lipinski definition) is 3. The second kappa shape index (κ2) is 6.14. The molecule has 1 heterocycles. The summed E-state index contributed by atoms with van der Waals surface area (Å²) in [7, 11) is 1.57. The summed E-state index contributed by atoms with van der Waals surface area (Å²) in [6.45, 7) is 1.74. The Kier molecular flexibility index (Phi) is 4.20. The molecule has 0 spiro atoms. The number of amides is 1. The van der Waals surface area contributed by atoms with Crippen molar-refractivity contribution < 1.29 is 13.9 Å². The molecule has 0 aliphatic heterocycles. The van der Waals surface area contributed by atoms with Crippen molar-refractivity contribution in [1.29, 1.82) is 0 Å². The van der Waals surface area contributed by atoms with Crippen LogP contribution in [0.4, 0.5) is 5.69 Å². The van der Waals surface area contributed by atoms with Crippen LogP contribution in [0.25, 0.3) is 11.0 Å². The fourth-order valence-electron chi connectivity index (χ4n) is 2.39. The number of ether oxygens (including phenoxy) is 1. The molecule has 6 heteroatoms. The number of nitrogens with one attached hydrogen (secondary N) is 1. The number of halogens is 2. The number of anilines is 1. The first kappa shape index (κ1) is 15.7. The van der Waals surface area contributed by atoms with Crippen molar-refractivity contribution >= 4 is 45.8 Å². The quantitative estimate of drug-likeness (QED) is 0.697. The number of furan rings is 1. The minimum atomic E-state index is -0.321. The van der Waals surface area contributed by atoms with E-state index in [1.54, 1.807) is 50.4 Å². The molecule has 0 fully saturated rings. The summed E-state index contributed by atoms with van der Waals surface area (Å²) in [6, 6.07) is 10.2. The highest BCUT2D eigenvalue weighted by Crippen LogP contribution is 2.31.